The number of carbonyl (C=O) groups is 1. The number of ether oxygens (including phenoxy) is 2. The average Bonchev–Trinajstić information content (AvgIpc) is 2.62. The summed E-state index contributed by atoms with van der Waals surface area (Å²) >= 11 is 0. The second kappa shape index (κ2) is 7.25. The van der Waals surface area contributed by atoms with Crippen molar-refractivity contribution in [3.8, 4) is 11.5 Å². The molecule has 1 atom stereocenters. The number of nitrogens with one attached hydrogen (secondary N) is 2. The van der Waals surface area contributed by atoms with Crippen LogP contribution in [0.15, 0.2) is 42.5 Å². The van der Waals surface area contributed by atoms with Crippen LogP contribution in [0.4, 0.5) is 11.4 Å². The first-order valence-electron chi connectivity index (χ1n) is 8.21. The predicted molar refractivity (Wildman–Crippen MR) is 95.0 cm³/mol. The first kappa shape index (κ1) is 16.2. The number of fused-ring (bicyclic) bond motifs is 1. The van der Waals surface area contributed by atoms with E-state index in [0.717, 1.165) is 23.5 Å². The number of amides is 1. The molecule has 2 aromatic rings. The Labute approximate surface area is 142 Å². The lowest BCUT2D eigenvalue weighted by molar-refractivity contribution is -0.116. The molecule has 1 aliphatic heterocycles. The summed E-state index contributed by atoms with van der Waals surface area (Å²) in [5.41, 5.74) is 2.87. The molecule has 0 saturated heterocycles. The maximum absolute atomic E-state index is 12.3. The van der Waals surface area contributed by atoms with Gasteiger partial charge in [-0.3, -0.25) is 4.79 Å². The Kier molecular flexibility index (Phi) is 4.89. The molecule has 0 bridgehead atoms. The summed E-state index contributed by atoms with van der Waals surface area (Å²) in [6.45, 7) is 5.04. The molecule has 24 heavy (non-hydrogen) atoms. The van der Waals surface area contributed by atoms with Crippen molar-refractivity contribution in [3.63, 3.8) is 0 Å². The first-order chi connectivity index (χ1) is 11.7. The molecule has 126 valence electrons. The lowest BCUT2D eigenvalue weighted by Crippen LogP contribution is -2.31. The van der Waals surface area contributed by atoms with Crippen LogP contribution < -0.4 is 20.1 Å². The number of hydrogen-bond donors (Lipinski definition) is 2. The van der Waals surface area contributed by atoms with E-state index < -0.39 is 0 Å². The van der Waals surface area contributed by atoms with Gasteiger partial charge in [-0.1, -0.05) is 19.1 Å². The minimum Gasteiger partial charge on any atom is -0.486 e. The molecule has 2 aromatic carbocycles. The van der Waals surface area contributed by atoms with Gasteiger partial charge >= 0.3 is 0 Å². The lowest BCUT2D eigenvalue weighted by atomic mass is 10.1. The third-order valence-electron chi connectivity index (χ3n) is 3.95. The predicted octanol–water partition coefficient (Wildman–Crippen LogP) is 3.46. The van der Waals surface area contributed by atoms with Crippen molar-refractivity contribution in [2.45, 2.75) is 26.3 Å². The maximum atomic E-state index is 12.3. The van der Waals surface area contributed by atoms with Crippen LogP contribution in [0, 0.1) is 0 Å². The second-order valence-electron chi connectivity index (χ2n) is 5.76. The molecule has 0 saturated carbocycles. The zero-order chi connectivity index (χ0) is 16.9. The molecule has 5 nitrogen and oxygen atoms in total. The summed E-state index contributed by atoms with van der Waals surface area (Å²) in [5, 5.41) is 6.11. The van der Waals surface area contributed by atoms with Crippen LogP contribution in [0.5, 0.6) is 11.5 Å². The zero-order valence-corrected chi connectivity index (χ0v) is 14.0. The van der Waals surface area contributed by atoms with Crippen molar-refractivity contribution >= 4 is 17.3 Å². The molecule has 3 rings (SSSR count). The molecule has 1 amide bonds. The highest BCUT2D eigenvalue weighted by Crippen LogP contribution is 2.32. The van der Waals surface area contributed by atoms with Crippen molar-refractivity contribution in [2.75, 3.05) is 23.8 Å². The maximum Gasteiger partial charge on any atom is 0.246 e. The van der Waals surface area contributed by atoms with Gasteiger partial charge < -0.3 is 20.1 Å². The van der Waals surface area contributed by atoms with Crippen LogP contribution in [0.25, 0.3) is 0 Å². The van der Waals surface area contributed by atoms with Gasteiger partial charge in [0.05, 0.1) is 0 Å². The van der Waals surface area contributed by atoms with E-state index in [1.54, 1.807) is 0 Å². The van der Waals surface area contributed by atoms with Crippen molar-refractivity contribution in [1.29, 1.82) is 0 Å². The summed E-state index contributed by atoms with van der Waals surface area (Å²) in [5.74, 6) is 1.35. The number of anilines is 2. The third-order valence-corrected chi connectivity index (χ3v) is 3.95. The van der Waals surface area contributed by atoms with Gasteiger partial charge in [-0.25, -0.2) is 0 Å². The molecule has 0 unspecified atom stereocenters. The molecule has 1 aliphatic rings. The van der Waals surface area contributed by atoms with Gasteiger partial charge in [-0.05, 0) is 43.2 Å². The number of rotatable bonds is 5. The number of benzene rings is 2. The second-order valence-corrected chi connectivity index (χ2v) is 5.76. The zero-order valence-electron chi connectivity index (χ0n) is 14.0. The summed E-state index contributed by atoms with van der Waals surface area (Å²) in [4.78, 5) is 12.3. The van der Waals surface area contributed by atoms with E-state index in [-0.39, 0.29) is 11.9 Å². The largest absolute Gasteiger partial charge is 0.486 e. The Balaban J connectivity index is 1.61. The Morgan fingerprint density at radius 1 is 1.04 bits per heavy atom. The van der Waals surface area contributed by atoms with E-state index in [0.29, 0.717) is 19.0 Å². The monoisotopic (exact) mass is 326 g/mol. The Morgan fingerprint density at radius 3 is 2.42 bits per heavy atom. The summed E-state index contributed by atoms with van der Waals surface area (Å²) in [6.07, 6.45) is 0.982. The van der Waals surface area contributed by atoms with Gasteiger partial charge in [0.15, 0.2) is 11.5 Å². The first-order valence-corrected chi connectivity index (χ1v) is 8.21. The van der Waals surface area contributed by atoms with Gasteiger partial charge in [-0.15, -0.1) is 0 Å². The molecule has 1 heterocycles. The van der Waals surface area contributed by atoms with Crippen LogP contribution in [-0.4, -0.2) is 25.2 Å². The summed E-state index contributed by atoms with van der Waals surface area (Å²) in [6, 6.07) is 13.1. The Bertz CT molecular complexity index is 713. The summed E-state index contributed by atoms with van der Waals surface area (Å²) in [7, 11) is 0. The fourth-order valence-corrected chi connectivity index (χ4v) is 2.52. The van der Waals surface area contributed by atoms with Crippen LogP contribution in [0.3, 0.4) is 0 Å². The quantitative estimate of drug-likeness (QED) is 0.883. The Hall–Kier alpha value is -2.69. The highest BCUT2D eigenvalue weighted by Gasteiger charge is 2.16. The molecular weight excluding hydrogens is 304 g/mol. The fourth-order valence-electron chi connectivity index (χ4n) is 2.52. The van der Waals surface area contributed by atoms with Crippen molar-refractivity contribution in [1.82, 2.24) is 0 Å². The molecule has 0 aliphatic carbocycles. The topological polar surface area (TPSA) is 59.6 Å². The molecule has 0 spiro atoms. The van der Waals surface area contributed by atoms with Crippen LogP contribution >= 0.6 is 0 Å². The van der Waals surface area contributed by atoms with E-state index in [2.05, 4.69) is 17.6 Å². The van der Waals surface area contributed by atoms with Gasteiger partial charge in [-0.2, -0.15) is 0 Å². The third kappa shape index (κ3) is 3.79. The molecule has 0 aromatic heterocycles. The van der Waals surface area contributed by atoms with E-state index in [9.17, 15) is 4.79 Å². The number of hydrogen-bond acceptors (Lipinski definition) is 4. The van der Waals surface area contributed by atoms with Gasteiger partial charge in [0.2, 0.25) is 5.91 Å². The fraction of sp³-hybridized carbons (Fsp3) is 0.316. The molecule has 0 radical (unpaired) electrons. The lowest BCUT2D eigenvalue weighted by Gasteiger charge is -2.20. The van der Waals surface area contributed by atoms with Crippen molar-refractivity contribution in [2.24, 2.45) is 0 Å². The number of carbonyl (C=O) groups excluding carboxylic acids is 1. The normalized spacial score (nSPS) is 13.9. The molecule has 2 N–H and O–H groups in total. The van der Waals surface area contributed by atoms with Crippen molar-refractivity contribution < 1.29 is 14.3 Å². The standard InChI is InChI=1S/C19H22N2O3/c1-3-14-4-6-15(7-5-14)21-19(22)13(2)20-16-8-9-17-18(12-16)24-11-10-23-17/h4-9,12-13,20H,3,10-11H2,1-2H3,(H,21,22)/t13-/m1/s1. The average molecular weight is 326 g/mol. The number of aryl methyl sites for hydroxylation is 1. The minimum atomic E-state index is -0.376. The highest BCUT2D eigenvalue weighted by molar-refractivity contribution is 5.96. The van der Waals surface area contributed by atoms with Crippen LogP contribution in [-0.2, 0) is 11.2 Å². The van der Waals surface area contributed by atoms with Crippen molar-refractivity contribution in [3.05, 3.63) is 48.0 Å². The highest BCUT2D eigenvalue weighted by atomic mass is 16.6. The Morgan fingerprint density at radius 2 is 1.71 bits per heavy atom. The van der Waals surface area contributed by atoms with E-state index >= 15 is 0 Å². The van der Waals surface area contributed by atoms with Crippen LogP contribution in [0.2, 0.25) is 0 Å². The molecule has 0 fully saturated rings. The van der Waals surface area contributed by atoms with E-state index in [1.807, 2.05) is 49.4 Å². The van der Waals surface area contributed by atoms with E-state index in [4.69, 9.17) is 9.47 Å². The molecular formula is C19H22N2O3. The summed E-state index contributed by atoms with van der Waals surface area (Å²) < 4.78 is 11.1. The van der Waals surface area contributed by atoms with Gasteiger partial charge in [0.1, 0.15) is 19.3 Å². The van der Waals surface area contributed by atoms with E-state index in [1.165, 1.54) is 5.56 Å². The SMILES string of the molecule is CCc1ccc(NC(=O)[C@@H](C)Nc2ccc3c(c2)OCCO3)cc1. The van der Waals surface area contributed by atoms with Gasteiger partial charge in [0, 0.05) is 17.4 Å². The van der Waals surface area contributed by atoms with Gasteiger partial charge in [0.25, 0.3) is 0 Å². The smallest absolute Gasteiger partial charge is 0.246 e. The molecule has 5 heteroatoms. The minimum absolute atomic E-state index is 0.0888. The van der Waals surface area contributed by atoms with Crippen LogP contribution in [0.1, 0.15) is 19.4 Å².